The molecule has 1 amide bonds. The van der Waals surface area contributed by atoms with Crippen LogP contribution in [0.5, 0.6) is 0 Å². The lowest BCUT2D eigenvalue weighted by atomic mass is 10.2. The Bertz CT molecular complexity index is 830. The van der Waals surface area contributed by atoms with Crippen LogP contribution in [0.4, 0.5) is 11.8 Å². The molecule has 128 valence electrons. The van der Waals surface area contributed by atoms with Crippen LogP contribution in [0.25, 0.3) is 0 Å². The fourth-order valence-corrected chi connectivity index (χ4v) is 2.34. The van der Waals surface area contributed by atoms with Crippen molar-refractivity contribution in [1.82, 2.24) is 15.1 Å². The number of aromatic nitrogens is 3. The van der Waals surface area contributed by atoms with Gasteiger partial charge in [0.05, 0.1) is 5.56 Å². The zero-order valence-corrected chi connectivity index (χ0v) is 14.1. The fourth-order valence-electron chi connectivity index (χ4n) is 2.34. The Morgan fingerprint density at radius 2 is 1.92 bits per heavy atom. The standard InChI is InChI=1S/C18H19N5O2/c1-3-23(12-14-7-5-4-6-8-14)18-19-10-15(11-20-18)17(24)21-16-9-13(2)25-22-16/h4-11H,3,12H2,1-2H3,(H,21,22,24). The number of hydrogen-bond acceptors (Lipinski definition) is 6. The molecule has 7 heteroatoms. The van der Waals surface area contributed by atoms with Gasteiger partial charge in [0, 0.05) is 31.5 Å². The summed E-state index contributed by atoms with van der Waals surface area (Å²) >= 11 is 0. The highest BCUT2D eigenvalue weighted by Crippen LogP contribution is 2.13. The number of amides is 1. The number of hydrogen-bond donors (Lipinski definition) is 1. The number of carbonyl (C=O) groups is 1. The molecule has 0 spiro atoms. The Balaban J connectivity index is 1.68. The average Bonchev–Trinajstić information content (AvgIpc) is 3.05. The first-order valence-corrected chi connectivity index (χ1v) is 8.01. The summed E-state index contributed by atoms with van der Waals surface area (Å²) in [4.78, 5) is 22.9. The molecule has 7 nitrogen and oxygen atoms in total. The summed E-state index contributed by atoms with van der Waals surface area (Å²) < 4.78 is 4.92. The van der Waals surface area contributed by atoms with Crippen LogP contribution in [0.3, 0.4) is 0 Å². The van der Waals surface area contributed by atoms with Crippen molar-refractivity contribution < 1.29 is 9.32 Å². The maximum atomic E-state index is 12.2. The lowest BCUT2D eigenvalue weighted by Gasteiger charge is -2.20. The summed E-state index contributed by atoms with van der Waals surface area (Å²) in [6.07, 6.45) is 3.02. The molecule has 0 aliphatic carbocycles. The third kappa shape index (κ3) is 4.20. The van der Waals surface area contributed by atoms with E-state index in [4.69, 9.17) is 4.52 Å². The van der Waals surface area contributed by atoms with Gasteiger partial charge < -0.3 is 14.7 Å². The minimum absolute atomic E-state index is 0.328. The third-order valence-electron chi connectivity index (χ3n) is 3.65. The van der Waals surface area contributed by atoms with E-state index in [1.807, 2.05) is 30.0 Å². The number of aryl methyl sites for hydroxylation is 1. The summed E-state index contributed by atoms with van der Waals surface area (Å²) in [5, 5.41) is 6.38. The van der Waals surface area contributed by atoms with Gasteiger partial charge in [0.2, 0.25) is 5.95 Å². The lowest BCUT2D eigenvalue weighted by molar-refractivity contribution is 0.102. The quantitative estimate of drug-likeness (QED) is 0.744. The minimum atomic E-state index is -0.328. The van der Waals surface area contributed by atoms with Crippen LogP contribution in [0.15, 0.2) is 53.3 Å². The van der Waals surface area contributed by atoms with Crippen molar-refractivity contribution in [3.8, 4) is 0 Å². The number of anilines is 2. The van der Waals surface area contributed by atoms with Crippen molar-refractivity contribution in [2.45, 2.75) is 20.4 Å². The zero-order chi connectivity index (χ0) is 17.6. The summed E-state index contributed by atoms with van der Waals surface area (Å²) in [7, 11) is 0. The molecule has 2 aromatic heterocycles. The SMILES string of the molecule is CCN(Cc1ccccc1)c1ncc(C(=O)Nc2cc(C)on2)cn1. The van der Waals surface area contributed by atoms with Gasteiger partial charge in [-0.25, -0.2) is 9.97 Å². The minimum Gasteiger partial charge on any atom is -0.360 e. The zero-order valence-electron chi connectivity index (χ0n) is 14.1. The molecular weight excluding hydrogens is 318 g/mol. The van der Waals surface area contributed by atoms with E-state index in [2.05, 4.69) is 32.6 Å². The molecule has 0 unspecified atom stereocenters. The van der Waals surface area contributed by atoms with Gasteiger partial charge >= 0.3 is 0 Å². The average molecular weight is 337 g/mol. The van der Waals surface area contributed by atoms with Crippen molar-refractivity contribution in [1.29, 1.82) is 0 Å². The highest BCUT2D eigenvalue weighted by atomic mass is 16.5. The Labute approximate surface area is 145 Å². The number of carbonyl (C=O) groups excluding carboxylic acids is 1. The van der Waals surface area contributed by atoms with E-state index in [-0.39, 0.29) is 5.91 Å². The van der Waals surface area contributed by atoms with Crippen LogP contribution in [0, 0.1) is 6.92 Å². The van der Waals surface area contributed by atoms with E-state index in [0.717, 1.165) is 6.54 Å². The van der Waals surface area contributed by atoms with Gasteiger partial charge in [-0.2, -0.15) is 0 Å². The van der Waals surface area contributed by atoms with E-state index >= 15 is 0 Å². The second-order valence-corrected chi connectivity index (χ2v) is 5.55. The summed E-state index contributed by atoms with van der Waals surface area (Å²) in [5.74, 6) is 1.25. The topological polar surface area (TPSA) is 84.2 Å². The predicted molar refractivity (Wildman–Crippen MR) is 94.4 cm³/mol. The first-order chi connectivity index (χ1) is 12.2. The third-order valence-corrected chi connectivity index (χ3v) is 3.65. The largest absolute Gasteiger partial charge is 0.360 e. The number of nitrogens with zero attached hydrogens (tertiary/aromatic N) is 4. The fraction of sp³-hybridized carbons (Fsp3) is 0.222. The monoisotopic (exact) mass is 337 g/mol. The van der Waals surface area contributed by atoms with Crippen LogP contribution >= 0.6 is 0 Å². The van der Waals surface area contributed by atoms with Crippen LogP contribution in [-0.4, -0.2) is 27.6 Å². The molecule has 0 saturated carbocycles. The summed E-state index contributed by atoms with van der Waals surface area (Å²) in [6, 6.07) is 11.8. The van der Waals surface area contributed by atoms with E-state index in [9.17, 15) is 4.79 Å². The molecule has 3 aromatic rings. The van der Waals surface area contributed by atoms with Gasteiger partial charge in [-0.15, -0.1) is 0 Å². The van der Waals surface area contributed by atoms with Crippen molar-refractivity contribution in [2.24, 2.45) is 0 Å². The molecule has 0 saturated heterocycles. The number of nitrogens with one attached hydrogen (secondary N) is 1. The maximum absolute atomic E-state index is 12.2. The number of rotatable bonds is 6. The molecule has 3 rings (SSSR count). The Morgan fingerprint density at radius 3 is 2.52 bits per heavy atom. The van der Waals surface area contributed by atoms with Crippen molar-refractivity contribution >= 4 is 17.7 Å². The van der Waals surface area contributed by atoms with Gasteiger partial charge in [0.15, 0.2) is 5.82 Å². The van der Waals surface area contributed by atoms with Gasteiger partial charge in [-0.1, -0.05) is 35.5 Å². The molecule has 0 atom stereocenters. The van der Waals surface area contributed by atoms with Crippen LogP contribution < -0.4 is 10.2 Å². The van der Waals surface area contributed by atoms with E-state index in [1.54, 1.807) is 13.0 Å². The summed E-state index contributed by atoms with van der Waals surface area (Å²) in [5.41, 5.74) is 1.54. The van der Waals surface area contributed by atoms with Gasteiger partial charge in [0.25, 0.3) is 5.91 Å². The first-order valence-electron chi connectivity index (χ1n) is 8.01. The molecule has 2 heterocycles. The van der Waals surface area contributed by atoms with Gasteiger partial charge in [0.1, 0.15) is 5.76 Å². The number of benzene rings is 1. The molecule has 1 N–H and O–H groups in total. The molecule has 0 aliphatic heterocycles. The highest BCUT2D eigenvalue weighted by molar-refractivity contribution is 6.03. The van der Waals surface area contributed by atoms with Crippen LogP contribution in [-0.2, 0) is 6.54 Å². The lowest BCUT2D eigenvalue weighted by Crippen LogP contribution is -2.24. The molecular formula is C18H19N5O2. The first kappa shape index (κ1) is 16.6. The molecule has 0 aliphatic rings. The summed E-state index contributed by atoms with van der Waals surface area (Å²) in [6.45, 7) is 5.27. The van der Waals surface area contributed by atoms with Gasteiger partial charge in [-0.05, 0) is 19.4 Å². The van der Waals surface area contributed by atoms with Crippen LogP contribution in [0.2, 0.25) is 0 Å². The van der Waals surface area contributed by atoms with Crippen molar-refractivity contribution in [3.63, 3.8) is 0 Å². The second-order valence-electron chi connectivity index (χ2n) is 5.55. The predicted octanol–water partition coefficient (Wildman–Crippen LogP) is 3.05. The molecule has 0 fully saturated rings. The molecule has 1 aromatic carbocycles. The second kappa shape index (κ2) is 7.57. The molecule has 0 radical (unpaired) electrons. The Morgan fingerprint density at radius 1 is 1.20 bits per heavy atom. The van der Waals surface area contributed by atoms with Crippen molar-refractivity contribution in [3.05, 3.63) is 65.7 Å². The van der Waals surface area contributed by atoms with E-state index in [1.165, 1.54) is 18.0 Å². The maximum Gasteiger partial charge on any atom is 0.260 e. The highest BCUT2D eigenvalue weighted by Gasteiger charge is 2.12. The normalized spacial score (nSPS) is 10.5. The Kier molecular flexibility index (Phi) is 5.03. The van der Waals surface area contributed by atoms with Gasteiger partial charge in [-0.3, -0.25) is 4.79 Å². The van der Waals surface area contributed by atoms with E-state index in [0.29, 0.717) is 29.6 Å². The Hall–Kier alpha value is -3.22. The van der Waals surface area contributed by atoms with E-state index < -0.39 is 0 Å². The van der Waals surface area contributed by atoms with Crippen LogP contribution in [0.1, 0.15) is 28.6 Å². The smallest absolute Gasteiger partial charge is 0.260 e. The van der Waals surface area contributed by atoms with Crippen molar-refractivity contribution in [2.75, 3.05) is 16.8 Å². The molecule has 25 heavy (non-hydrogen) atoms. The molecule has 0 bridgehead atoms.